The summed E-state index contributed by atoms with van der Waals surface area (Å²) in [7, 11) is 0. The number of alkyl halides is 2. The van der Waals surface area contributed by atoms with Gasteiger partial charge in [-0.25, -0.2) is 8.78 Å². The molecule has 1 nitrogen and oxygen atoms in total. The highest BCUT2D eigenvalue weighted by atomic mass is 19.3. The maximum absolute atomic E-state index is 12.2. The third-order valence-corrected chi connectivity index (χ3v) is 1.77. The zero-order valence-corrected chi connectivity index (χ0v) is 6.16. The molecule has 0 amide bonds. The molecule has 0 heterocycles. The highest BCUT2D eigenvalue weighted by molar-refractivity contribution is 4.90. The first-order chi connectivity index (χ1) is 4.64. The van der Waals surface area contributed by atoms with E-state index in [2.05, 4.69) is 5.32 Å². The zero-order chi connectivity index (χ0) is 7.61. The van der Waals surface area contributed by atoms with Gasteiger partial charge in [-0.05, 0) is 13.0 Å². The molecule has 0 atom stereocenters. The predicted octanol–water partition coefficient (Wildman–Crippen LogP) is 1.78. The lowest BCUT2D eigenvalue weighted by atomic mass is 9.88. The molecule has 0 aromatic carbocycles. The molecular weight excluding hydrogens is 136 g/mol. The second-order valence-electron chi connectivity index (χ2n) is 2.92. The lowest BCUT2D eigenvalue weighted by Gasteiger charge is -2.35. The Balaban J connectivity index is 2.03. The van der Waals surface area contributed by atoms with Crippen LogP contribution in [0.5, 0.6) is 0 Å². The summed E-state index contributed by atoms with van der Waals surface area (Å²) in [4.78, 5) is 0. The van der Waals surface area contributed by atoms with Gasteiger partial charge < -0.3 is 5.32 Å². The largest absolute Gasteiger partial charge is 0.314 e. The van der Waals surface area contributed by atoms with Crippen molar-refractivity contribution in [3.63, 3.8) is 0 Å². The highest BCUT2D eigenvalue weighted by Crippen LogP contribution is 2.37. The second-order valence-corrected chi connectivity index (χ2v) is 2.92. The summed E-state index contributed by atoms with van der Waals surface area (Å²) in [6.45, 7) is 2.89. The fourth-order valence-corrected chi connectivity index (χ4v) is 1.15. The molecule has 1 saturated carbocycles. The Bertz CT molecular complexity index is 106. The third kappa shape index (κ3) is 1.90. The van der Waals surface area contributed by atoms with E-state index in [4.69, 9.17) is 0 Å². The third-order valence-electron chi connectivity index (χ3n) is 1.77. The summed E-state index contributed by atoms with van der Waals surface area (Å²) >= 11 is 0. The molecule has 1 aliphatic rings. The standard InChI is InChI=1S/C7H13F2N/c1-2-3-10-6-4-7(8,9)5-6/h6,10H,2-5H2,1H3. The quantitative estimate of drug-likeness (QED) is 0.645. The van der Waals surface area contributed by atoms with Crippen LogP contribution in [0.2, 0.25) is 0 Å². The first-order valence-electron chi connectivity index (χ1n) is 3.75. The van der Waals surface area contributed by atoms with Crippen LogP contribution in [0.3, 0.4) is 0 Å². The molecule has 0 saturated heterocycles. The van der Waals surface area contributed by atoms with Crippen LogP contribution in [0, 0.1) is 0 Å². The summed E-state index contributed by atoms with van der Waals surface area (Å²) in [5, 5.41) is 3.04. The van der Waals surface area contributed by atoms with Gasteiger partial charge in [0.25, 0.3) is 5.92 Å². The molecule has 0 unspecified atom stereocenters. The Morgan fingerprint density at radius 1 is 1.50 bits per heavy atom. The average molecular weight is 149 g/mol. The Labute approximate surface area is 59.8 Å². The lowest BCUT2D eigenvalue weighted by molar-refractivity contribution is -0.0924. The van der Waals surface area contributed by atoms with Gasteiger partial charge in [-0.15, -0.1) is 0 Å². The normalized spacial score (nSPS) is 24.3. The molecule has 60 valence electrons. The highest BCUT2D eigenvalue weighted by Gasteiger charge is 2.44. The smallest absolute Gasteiger partial charge is 0.251 e. The zero-order valence-electron chi connectivity index (χ0n) is 6.16. The molecule has 0 bridgehead atoms. The summed E-state index contributed by atoms with van der Waals surface area (Å²) in [5.74, 6) is -2.37. The van der Waals surface area contributed by atoms with Crippen molar-refractivity contribution >= 4 is 0 Å². The Hall–Kier alpha value is -0.180. The van der Waals surface area contributed by atoms with Gasteiger partial charge in [-0.2, -0.15) is 0 Å². The lowest BCUT2D eigenvalue weighted by Crippen LogP contribution is -2.48. The Morgan fingerprint density at radius 3 is 2.50 bits per heavy atom. The molecule has 0 radical (unpaired) electrons. The van der Waals surface area contributed by atoms with Crippen LogP contribution < -0.4 is 5.32 Å². The molecule has 1 rings (SSSR count). The minimum atomic E-state index is -2.37. The van der Waals surface area contributed by atoms with Crippen molar-refractivity contribution in [1.82, 2.24) is 5.32 Å². The number of nitrogens with one attached hydrogen (secondary N) is 1. The molecule has 1 aliphatic carbocycles. The Morgan fingerprint density at radius 2 is 2.10 bits per heavy atom. The minimum Gasteiger partial charge on any atom is -0.314 e. The maximum atomic E-state index is 12.2. The van der Waals surface area contributed by atoms with Crippen LogP contribution in [0.25, 0.3) is 0 Å². The van der Waals surface area contributed by atoms with E-state index in [0.29, 0.717) is 0 Å². The summed E-state index contributed by atoms with van der Waals surface area (Å²) < 4.78 is 24.4. The van der Waals surface area contributed by atoms with Crippen LogP contribution >= 0.6 is 0 Å². The average Bonchev–Trinajstić information content (AvgIpc) is 1.78. The molecule has 0 aromatic heterocycles. The van der Waals surface area contributed by atoms with Crippen molar-refractivity contribution in [2.45, 2.75) is 38.2 Å². The monoisotopic (exact) mass is 149 g/mol. The van der Waals surface area contributed by atoms with Gasteiger partial charge in [0.2, 0.25) is 0 Å². The number of hydrogen-bond donors (Lipinski definition) is 1. The van der Waals surface area contributed by atoms with Gasteiger partial charge in [0, 0.05) is 18.9 Å². The fourth-order valence-electron chi connectivity index (χ4n) is 1.15. The predicted molar refractivity (Wildman–Crippen MR) is 36.3 cm³/mol. The van der Waals surface area contributed by atoms with Crippen molar-refractivity contribution in [3.8, 4) is 0 Å². The van der Waals surface area contributed by atoms with Crippen molar-refractivity contribution in [3.05, 3.63) is 0 Å². The van der Waals surface area contributed by atoms with E-state index in [-0.39, 0.29) is 18.9 Å². The van der Waals surface area contributed by atoms with Gasteiger partial charge in [0.1, 0.15) is 0 Å². The summed E-state index contributed by atoms with van der Waals surface area (Å²) in [6.07, 6.45) is 1.09. The van der Waals surface area contributed by atoms with E-state index in [1.54, 1.807) is 0 Å². The summed E-state index contributed by atoms with van der Waals surface area (Å²) in [6, 6.07) is 0.0787. The van der Waals surface area contributed by atoms with Crippen LogP contribution in [0.15, 0.2) is 0 Å². The molecule has 0 spiro atoms. The topological polar surface area (TPSA) is 12.0 Å². The first kappa shape index (κ1) is 7.92. The van der Waals surface area contributed by atoms with Crippen molar-refractivity contribution in [2.24, 2.45) is 0 Å². The van der Waals surface area contributed by atoms with E-state index in [1.807, 2.05) is 6.92 Å². The Kier molecular flexibility index (Phi) is 2.24. The molecule has 10 heavy (non-hydrogen) atoms. The van der Waals surface area contributed by atoms with E-state index in [9.17, 15) is 8.78 Å². The minimum absolute atomic E-state index is 0.0347. The van der Waals surface area contributed by atoms with Crippen molar-refractivity contribution < 1.29 is 8.78 Å². The van der Waals surface area contributed by atoms with Gasteiger partial charge in [-0.3, -0.25) is 0 Å². The molecule has 1 fully saturated rings. The van der Waals surface area contributed by atoms with Crippen molar-refractivity contribution in [1.29, 1.82) is 0 Å². The van der Waals surface area contributed by atoms with E-state index in [1.165, 1.54) is 0 Å². The molecule has 3 heteroatoms. The van der Waals surface area contributed by atoms with Crippen LogP contribution in [-0.2, 0) is 0 Å². The van der Waals surface area contributed by atoms with Crippen LogP contribution in [0.4, 0.5) is 8.78 Å². The van der Waals surface area contributed by atoms with Crippen LogP contribution in [-0.4, -0.2) is 18.5 Å². The molecule has 0 aromatic rings. The van der Waals surface area contributed by atoms with Gasteiger partial charge in [-0.1, -0.05) is 6.92 Å². The maximum Gasteiger partial charge on any atom is 0.251 e. The number of rotatable bonds is 3. The summed E-state index contributed by atoms with van der Waals surface area (Å²) in [5.41, 5.74) is 0. The first-order valence-corrected chi connectivity index (χ1v) is 3.75. The second kappa shape index (κ2) is 2.82. The van der Waals surface area contributed by atoms with E-state index in [0.717, 1.165) is 13.0 Å². The van der Waals surface area contributed by atoms with Crippen LogP contribution in [0.1, 0.15) is 26.2 Å². The van der Waals surface area contributed by atoms with Crippen molar-refractivity contribution in [2.75, 3.05) is 6.54 Å². The van der Waals surface area contributed by atoms with Gasteiger partial charge >= 0.3 is 0 Å². The van der Waals surface area contributed by atoms with E-state index >= 15 is 0 Å². The molecule has 1 N–H and O–H groups in total. The van der Waals surface area contributed by atoms with Gasteiger partial charge in [0.15, 0.2) is 0 Å². The van der Waals surface area contributed by atoms with Gasteiger partial charge in [0.05, 0.1) is 0 Å². The molecule has 0 aliphatic heterocycles. The number of halogens is 2. The fraction of sp³-hybridized carbons (Fsp3) is 1.00. The SMILES string of the molecule is CCCNC1CC(F)(F)C1. The number of hydrogen-bond acceptors (Lipinski definition) is 1. The van der Waals surface area contributed by atoms with E-state index < -0.39 is 5.92 Å². The molecular formula is C7H13F2N.